The molecule has 16 amide bonds. The predicted octanol–water partition coefficient (Wildman–Crippen LogP) is -4.88. The number of amides is 16. The van der Waals surface area contributed by atoms with Gasteiger partial charge in [0.15, 0.2) is 0 Å². The summed E-state index contributed by atoms with van der Waals surface area (Å²) in [5.74, 6) is -26.9. The third kappa shape index (κ3) is 34.9. The van der Waals surface area contributed by atoms with E-state index in [1.54, 1.807) is 88.7 Å². The summed E-state index contributed by atoms with van der Waals surface area (Å²) in [6, 6.07) is -2.35. The highest BCUT2D eigenvalue weighted by Crippen LogP contribution is 2.25. The second-order valence-electron chi connectivity index (χ2n) is 33.9. The van der Waals surface area contributed by atoms with Crippen LogP contribution in [0.1, 0.15) is 135 Å². The van der Waals surface area contributed by atoms with E-state index in [-0.39, 0.29) is 31.9 Å². The minimum absolute atomic E-state index is 0.120. The molecule has 714 valence electrons. The first-order valence-corrected chi connectivity index (χ1v) is 43.3. The number of nitrogens with one attached hydrogen (secondary N) is 14. The molecule has 0 aliphatic carbocycles. The first-order valence-electron chi connectivity index (χ1n) is 42.2. The fourth-order valence-electron chi connectivity index (χ4n) is 14.1. The van der Waals surface area contributed by atoms with E-state index < -0.39 is 296 Å². The number of hydrogen-bond acceptors (Lipinski definition) is 25. The van der Waals surface area contributed by atoms with Gasteiger partial charge in [-0.1, -0.05) is 119 Å². The van der Waals surface area contributed by atoms with Crippen LogP contribution in [0, 0.1) is 11.3 Å². The molecule has 45 heteroatoms. The first kappa shape index (κ1) is 107. The molecule has 2 aliphatic heterocycles. The Morgan fingerprint density at radius 2 is 0.908 bits per heavy atom. The lowest BCUT2D eigenvalue weighted by Crippen LogP contribution is -2.62. The summed E-state index contributed by atoms with van der Waals surface area (Å²) in [5, 5.41) is 86.8. The Kier molecular flexibility index (Phi) is 40.7. The van der Waals surface area contributed by atoms with Crippen LogP contribution in [0.4, 0.5) is 0 Å². The van der Waals surface area contributed by atoms with E-state index in [1.165, 1.54) is 74.7 Å². The number of likely N-dealkylation sites (N-methyl/N-ethyl adjacent to an activating group) is 2. The molecule has 0 spiro atoms. The van der Waals surface area contributed by atoms with Crippen LogP contribution in [0.2, 0.25) is 0 Å². The molecular formula is C86H119N19O25S. The largest absolute Gasteiger partial charge is 0.481 e. The SMILES string of the molecule is CC(C[C@@H]1NC(=O)[C@H](Cc2ccccc2)NC(=O)[C@H](CC(=O)O)NC(=O)[C@H](CCC(=O)O)NC(=O)[C@H]2CSCc3cc(cc(c3)CN(C)C[C@H](NC(=O)[C@H](C)N)C(=O)N[C@H](C)C(=O)N[C@@H](CC(N)=O)C(=O)N[C@@H](CCC(=O)O)C(=O)N[C@@H](Cc3cccc4ccccc34)C(=O)N[C@H](C)C(=O)N2)CN(C)C[C@@H](C(N)=O)NC(=O)[C@H](C(C)(C)C)NC(=O)[C@H](CC(=O)O)NC1=O)[C@@H](C)O. The van der Waals surface area contributed by atoms with Crippen LogP contribution in [-0.2, 0) is 128 Å². The number of primary amides is 2. The molecular weight excluding hydrogens is 1730 g/mol. The van der Waals surface area contributed by atoms with Crippen LogP contribution in [0.3, 0.4) is 0 Å². The Balaban J connectivity index is 1.59. The van der Waals surface area contributed by atoms with E-state index in [1.807, 2.05) is 0 Å². The van der Waals surface area contributed by atoms with Crippen LogP contribution in [0.15, 0.2) is 91.0 Å². The van der Waals surface area contributed by atoms with Gasteiger partial charge in [-0.15, -0.1) is 0 Å². The molecule has 0 fully saturated rings. The van der Waals surface area contributed by atoms with Crippen molar-refractivity contribution in [2.24, 2.45) is 28.5 Å². The van der Waals surface area contributed by atoms with Crippen molar-refractivity contribution in [3.05, 3.63) is 119 Å². The Morgan fingerprint density at radius 3 is 1.44 bits per heavy atom. The monoisotopic (exact) mass is 1850 g/mol. The Hall–Kier alpha value is -13.3. The molecule has 4 bridgehead atoms. The maximum atomic E-state index is 15.4. The minimum Gasteiger partial charge on any atom is -0.481 e. The zero-order valence-corrected chi connectivity index (χ0v) is 75.0. The van der Waals surface area contributed by atoms with Crippen molar-refractivity contribution >= 4 is 141 Å². The number of fused-ring (bicyclic) bond motifs is 6. The smallest absolute Gasteiger partial charge is 0.305 e. The number of rotatable bonds is 22. The molecule has 1 unspecified atom stereocenters. The summed E-state index contributed by atoms with van der Waals surface area (Å²) in [4.78, 5) is 285. The summed E-state index contributed by atoms with van der Waals surface area (Å²) < 4.78 is 0. The van der Waals surface area contributed by atoms with E-state index in [9.17, 15) is 107 Å². The molecule has 0 saturated heterocycles. The molecule has 131 heavy (non-hydrogen) atoms. The standard InChI is InChI=1S/C86H119N19O25S/c1-42(46(5)106)27-56-78(123)99-61(35-69(114)115)82(127)103-70(86(6,7)8)85(130)100-62(71(89)116)38-104(9)36-48-28-49-30-50(29-48)40-131-41-64(84(129)93-55(24-26-67(110)111)76(121)98-60(34-68(112)113)81(126)96-57(79(124)95-56)31-47-17-12-11-13-18-47)102-74(119)45(4)90-77(122)58(32-52-21-16-20-51-19-14-15-22-53(51)52)97-75(120)54(23-25-66(108)109)92-80(125)59(33-65(88)107)94-73(118)44(3)91-83(128)63(39-105(10)37-49)101-72(117)43(2)87/h11-22,28-30,42-46,54-64,70,106H,23-27,31-41,87H2,1-10H3,(H2,88,107)(H2,89,116)(H,90,122)(H,91,128)(H,92,125)(H,93,129)(H,94,118)(H,95,124)(H,96,126)(H,97,120)(H,98,121)(H,99,123)(H,100,130)(H,101,117)(H,102,119)(H,103,127)(H,108,109)(H,110,111)(H,112,113)(H,114,115)/t42?,43-,44+,45+,46+,54-,55-,56-,57-,58-,59-,60-,61-,62-,63-,64+,70+/m0/s1. The fraction of sp³-hybridized carbons (Fsp3) is 0.512. The van der Waals surface area contributed by atoms with Gasteiger partial charge in [-0.3, -0.25) is 106 Å². The van der Waals surface area contributed by atoms with Crippen LogP contribution in [0.5, 0.6) is 0 Å². The van der Waals surface area contributed by atoms with Crippen molar-refractivity contribution in [1.29, 1.82) is 0 Å². The van der Waals surface area contributed by atoms with Crippen molar-refractivity contribution in [3.63, 3.8) is 0 Å². The number of thioether (sulfide) groups is 1. The number of hydrogen-bond donors (Lipinski definition) is 22. The van der Waals surface area contributed by atoms with E-state index in [0.29, 0.717) is 38.6 Å². The van der Waals surface area contributed by atoms with Crippen molar-refractivity contribution in [2.45, 2.75) is 235 Å². The summed E-state index contributed by atoms with van der Waals surface area (Å²) >= 11 is 0.942. The number of aliphatic hydroxyl groups is 1. The zero-order chi connectivity index (χ0) is 97.6. The summed E-state index contributed by atoms with van der Waals surface area (Å²) in [6.45, 7) is 9.97. The van der Waals surface area contributed by atoms with Crippen molar-refractivity contribution in [3.8, 4) is 0 Å². The topological polar surface area (TPSA) is 696 Å². The van der Waals surface area contributed by atoms with Crippen molar-refractivity contribution in [2.75, 3.05) is 32.9 Å². The fourth-order valence-corrected chi connectivity index (χ4v) is 15.1. The van der Waals surface area contributed by atoms with Crippen molar-refractivity contribution in [1.82, 2.24) is 84.2 Å². The molecule has 6 rings (SSSR count). The van der Waals surface area contributed by atoms with Crippen LogP contribution >= 0.6 is 11.8 Å². The maximum absolute atomic E-state index is 15.4. The second kappa shape index (κ2) is 50.1. The Labute approximate surface area is 758 Å². The third-order valence-corrected chi connectivity index (χ3v) is 22.5. The average Bonchev–Trinajstić information content (AvgIpc) is 0.843. The van der Waals surface area contributed by atoms with Gasteiger partial charge in [0.25, 0.3) is 0 Å². The average molecular weight is 1850 g/mol. The van der Waals surface area contributed by atoms with Gasteiger partial charge in [0.1, 0.15) is 84.6 Å². The van der Waals surface area contributed by atoms with Crippen LogP contribution in [0.25, 0.3) is 10.8 Å². The lowest BCUT2D eigenvalue weighted by molar-refractivity contribution is -0.143. The number of carbonyl (C=O) groups is 20. The lowest BCUT2D eigenvalue weighted by atomic mass is 9.85. The molecule has 0 saturated carbocycles. The predicted molar refractivity (Wildman–Crippen MR) is 471 cm³/mol. The number of aliphatic carboxylic acids is 4. The number of nitrogens with two attached hydrogens (primary N) is 3. The van der Waals surface area contributed by atoms with Gasteiger partial charge in [0, 0.05) is 63.4 Å². The number of carboxylic acids is 4. The third-order valence-electron chi connectivity index (χ3n) is 21.4. The number of carbonyl (C=O) groups excluding carboxylic acids is 16. The first-order chi connectivity index (χ1) is 61.4. The number of benzene rings is 4. The quantitative estimate of drug-likeness (QED) is 0.0351. The van der Waals surface area contributed by atoms with Gasteiger partial charge >= 0.3 is 23.9 Å². The zero-order valence-electron chi connectivity index (χ0n) is 74.2. The highest BCUT2D eigenvalue weighted by atomic mass is 32.2. The van der Waals surface area contributed by atoms with Gasteiger partial charge in [0.05, 0.1) is 31.4 Å². The molecule has 25 N–H and O–H groups in total. The lowest BCUT2D eigenvalue weighted by Gasteiger charge is -2.33. The number of nitrogens with zero attached hydrogens (tertiary/aromatic N) is 2. The van der Waals surface area contributed by atoms with E-state index in [2.05, 4.69) is 74.4 Å². The maximum Gasteiger partial charge on any atom is 0.305 e. The summed E-state index contributed by atoms with van der Waals surface area (Å²) in [7, 11) is 3.05. The van der Waals surface area contributed by atoms with E-state index in [0.717, 1.165) is 18.7 Å². The molecule has 17 atom stereocenters. The highest BCUT2D eigenvalue weighted by molar-refractivity contribution is 7.98. The molecule has 4 aromatic carbocycles. The summed E-state index contributed by atoms with van der Waals surface area (Å²) in [5.41, 5.74) is 18.3. The molecule has 4 aromatic rings. The Bertz CT molecular complexity index is 4860. The molecule has 44 nitrogen and oxygen atoms in total. The molecule has 2 aliphatic rings. The second-order valence-corrected chi connectivity index (χ2v) is 34.9. The Morgan fingerprint density at radius 1 is 0.473 bits per heavy atom. The van der Waals surface area contributed by atoms with Gasteiger partial charge in [-0.25, -0.2) is 0 Å². The van der Waals surface area contributed by atoms with Crippen LogP contribution in [-0.4, -0.2) is 283 Å². The van der Waals surface area contributed by atoms with Crippen molar-refractivity contribution < 1.29 is 121 Å². The van der Waals surface area contributed by atoms with E-state index >= 15 is 14.4 Å². The van der Waals surface area contributed by atoms with Gasteiger partial charge < -0.3 is 117 Å². The van der Waals surface area contributed by atoms with E-state index in [4.69, 9.17) is 17.2 Å². The highest BCUT2D eigenvalue weighted by Gasteiger charge is 2.42. The number of carboxylic acid groups (broad SMARTS) is 4. The molecule has 0 radical (unpaired) electrons. The van der Waals surface area contributed by atoms with Gasteiger partial charge in [-0.05, 0) is 111 Å². The minimum atomic E-state index is -2.22. The molecule has 2 heterocycles. The van der Waals surface area contributed by atoms with Gasteiger partial charge in [0.2, 0.25) is 94.5 Å². The summed E-state index contributed by atoms with van der Waals surface area (Å²) in [6.07, 6.45) is -9.21. The van der Waals surface area contributed by atoms with Crippen LogP contribution < -0.4 is 91.6 Å². The van der Waals surface area contributed by atoms with Gasteiger partial charge in [-0.2, -0.15) is 11.8 Å². The normalized spacial score (nSPS) is 24.9. The molecule has 0 aromatic heterocycles. The number of aliphatic hydroxyl groups excluding tert-OH is 1.